The molecule has 22 heavy (non-hydrogen) atoms. The lowest BCUT2D eigenvalue weighted by atomic mass is 9.84. The van der Waals surface area contributed by atoms with E-state index >= 15 is 0 Å². The minimum Gasteiger partial charge on any atom is -0.388 e. The summed E-state index contributed by atoms with van der Waals surface area (Å²) in [6.45, 7) is 7.11. The van der Waals surface area contributed by atoms with Crippen molar-refractivity contribution in [2.45, 2.75) is 32.8 Å². The Kier molecular flexibility index (Phi) is 5.38. The second-order valence-electron chi connectivity index (χ2n) is 6.54. The van der Waals surface area contributed by atoms with Crippen LogP contribution >= 0.6 is 0 Å². The number of aliphatic hydroxyl groups excluding tert-OH is 1. The molecule has 0 aliphatic rings. The van der Waals surface area contributed by atoms with Gasteiger partial charge in [0.2, 0.25) is 0 Å². The van der Waals surface area contributed by atoms with Gasteiger partial charge in [0.05, 0.1) is 6.10 Å². The molecule has 0 amide bonds. The maximum atomic E-state index is 11.1. The van der Waals surface area contributed by atoms with Gasteiger partial charge >= 0.3 is 0 Å². The van der Waals surface area contributed by atoms with Gasteiger partial charge in [-0.05, 0) is 57.1 Å². The summed E-state index contributed by atoms with van der Waals surface area (Å²) >= 11 is 0. The van der Waals surface area contributed by atoms with E-state index in [1.54, 1.807) is 0 Å². The van der Waals surface area contributed by atoms with Gasteiger partial charge < -0.3 is 10.0 Å². The summed E-state index contributed by atoms with van der Waals surface area (Å²) in [5, 5.41) is 11.1. The quantitative estimate of drug-likeness (QED) is 0.902. The van der Waals surface area contributed by atoms with Gasteiger partial charge in [-0.25, -0.2) is 0 Å². The van der Waals surface area contributed by atoms with Crippen LogP contribution in [0.3, 0.4) is 0 Å². The molecule has 2 heteroatoms. The van der Waals surface area contributed by atoms with Crippen LogP contribution in [0.1, 0.15) is 39.8 Å². The molecule has 0 aromatic heterocycles. The van der Waals surface area contributed by atoms with Gasteiger partial charge in [0.15, 0.2) is 0 Å². The maximum absolute atomic E-state index is 11.1. The molecular formula is C20H27NO. The van der Waals surface area contributed by atoms with Crippen LogP contribution in [0.25, 0.3) is 0 Å². The molecule has 0 heterocycles. The molecule has 1 N–H and O–H groups in total. The lowest BCUT2D eigenvalue weighted by molar-refractivity contribution is 0.127. The predicted molar refractivity (Wildman–Crippen MR) is 93.3 cm³/mol. The Bertz CT molecular complexity index is 596. The highest BCUT2D eigenvalue weighted by molar-refractivity contribution is 5.41. The first-order chi connectivity index (χ1) is 10.4. The molecule has 0 spiro atoms. The molecule has 0 bridgehead atoms. The Balaban J connectivity index is 2.44. The van der Waals surface area contributed by atoms with Crippen molar-refractivity contribution in [3.63, 3.8) is 0 Å². The van der Waals surface area contributed by atoms with Gasteiger partial charge in [0.25, 0.3) is 0 Å². The fourth-order valence-electron chi connectivity index (χ4n) is 3.34. The third-order valence-electron chi connectivity index (χ3n) is 4.20. The van der Waals surface area contributed by atoms with Crippen LogP contribution < -0.4 is 0 Å². The Morgan fingerprint density at radius 3 is 2.00 bits per heavy atom. The van der Waals surface area contributed by atoms with E-state index in [9.17, 15) is 5.11 Å². The first-order valence-electron chi connectivity index (χ1n) is 7.85. The molecule has 2 aromatic rings. The van der Waals surface area contributed by atoms with Gasteiger partial charge in [-0.2, -0.15) is 0 Å². The molecule has 2 nitrogen and oxygen atoms in total. The van der Waals surface area contributed by atoms with Crippen LogP contribution in [0.5, 0.6) is 0 Å². The molecule has 2 aromatic carbocycles. The average Bonchev–Trinajstić information content (AvgIpc) is 2.44. The molecular weight excluding hydrogens is 270 g/mol. The minimum atomic E-state index is -0.495. The Morgan fingerprint density at radius 1 is 0.955 bits per heavy atom. The van der Waals surface area contributed by atoms with Crippen LogP contribution in [-0.2, 0) is 0 Å². The Morgan fingerprint density at radius 2 is 1.50 bits per heavy atom. The van der Waals surface area contributed by atoms with E-state index in [2.05, 4.69) is 64.0 Å². The highest BCUT2D eigenvalue weighted by Gasteiger charge is 2.26. The number of aryl methyl sites for hydroxylation is 3. The highest BCUT2D eigenvalue weighted by atomic mass is 16.3. The molecule has 2 rings (SSSR count). The summed E-state index contributed by atoms with van der Waals surface area (Å²) < 4.78 is 0. The summed E-state index contributed by atoms with van der Waals surface area (Å²) in [6.07, 6.45) is -0.495. The van der Waals surface area contributed by atoms with Crippen molar-refractivity contribution in [2.24, 2.45) is 0 Å². The van der Waals surface area contributed by atoms with Crippen molar-refractivity contribution in [1.82, 2.24) is 4.90 Å². The number of nitrogens with zero attached hydrogens (tertiary/aromatic N) is 1. The number of hydrogen-bond acceptors (Lipinski definition) is 2. The number of likely N-dealkylation sites (N-methyl/N-ethyl adjacent to an activating group) is 1. The SMILES string of the molecule is Cc1cc(C)c(C(O)C(CN(C)C)c2ccccc2)c(C)c1. The third-order valence-corrected chi connectivity index (χ3v) is 4.20. The molecule has 118 valence electrons. The van der Waals surface area contributed by atoms with Gasteiger partial charge in [0, 0.05) is 12.5 Å². The van der Waals surface area contributed by atoms with E-state index in [0.717, 1.165) is 12.1 Å². The zero-order valence-corrected chi connectivity index (χ0v) is 14.3. The summed E-state index contributed by atoms with van der Waals surface area (Å²) in [4.78, 5) is 2.14. The standard InChI is InChI=1S/C20H27NO/c1-14-11-15(2)19(16(3)12-14)20(22)18(13-21(4)5)17-9-7-6-8-10-17/h6-12,18,20,22H,13H2,1-5H3. The van der Waals surface area contributed by atoms with Crippen molar-refractivity contribution < 1.29 is 5.11 Å². The first-order valence-corrected chi connectivity index (χ1v) is 7.85. The topological polar surface area (TPSA) is 23.5 Å². The fraction of sp³-hybridized carbons (Fsp3) is 0.400. The Hall–Kier alpha value is -1.64. The van der Waals surface area contributed by atoms with E-state index in [0.29, 0.717) is 0 Å². The molecule has 0 aliphatic carbocycles. The molecule has 0 saturated heterocycles. The van der Waals surface area contributed by atoms with Crippen molar-refractivity contribution in [1.29, 1.82) is 0 Å². The highest BCUT2D eigenvalue weighted by Crippen LogP contribution is 2.35. The van der Waals surface area contributed by atoms with Crippen molar-refractivity contribution in [2.75, 3.05) is 20.6 Å². The van der Waals surface area contributed by atoms with E-state index in [4.69, 9.17) is 0 Å². The zero-order chi connectivity index (χ0) is 16.3. The van der Waals surface area contributed by atoms with E-state index in [-0.39, 0.29) is 5.92 Å². The molecule has 0 fully saturated rings. The lowest BCUT2D eigenvalue weighted by Crippen LogP contribution is -2.26. The Labute approximate surface area is 134 Å². The number of hydrogen-bond donors (Lipinski definition) is 1. The lowest BCUT2D eigenvalue weighted by Gasteiger charge is -2.29. The molecule has 0 aliphatic heterocycles. The van der Waals surface area contributed by atoms with Gasteiger partial charge in [-0.15, -0.1) is 0 Å². The third kappa shape index (κ3) is 3.76. The van der Waals surface area contributed by atoms with Gasteiger partial charge in [-0.1, -0.05) is 48.0 Å². The van der Waals surface area contributed by atoms with E-state index in [1.165, 1.54) is 22.3 Å². The minimum absolute atomic E-state index is 0.0660. The molecule has 0 saturated carbocycles. The summed E-state index contributed by atoms with van der Waals surface area (Å²) in [5.41, 5.74) is 5.84. The van der Waals surface area contributed by atoms with Crippen LogP contribution in [0.15, 0.2) is 42.5 Å². The second kappa shape index (κ2) is 7.08. The molecule has 0 radical (unpaired) electrons. The smallest absolute Gasteiger partial charge is 0.0875 e. The maximum Gasteiger partial charge on any atom is 0.0875 e. The van der Waals surface area contributed by atoms with Gasteiger partial charge in [-0.3, -0.25) is 0 Å². The van der Waals surface area contributed by atoms with Crippen molar-refractivity contribution >= 4 is 0 Å². The van der Waals surface area contributed by atoms with Crippen LogP contribution in [0.2, 0.25) is 0 Å². The average molecular weight is 297 g/mol. The first kappa shape index (κ1) is 16.7. The number of benzene rings is 2. The largest absolute Gasteiger partial charge is 0.388 e. The monoisotopic (exact) mass is 297 g/mol. The van der Waals surface area contributed by atoms with Crippen LogP contribution in [-0.4, -0.2) is 30.6 Å². The predicted octanol–water partition coefficient (Wildman–Crippen LogP) is 3.99. The molecule has 2 atom stereocenters. The van der Waals surface area contributed by atoms with E-state index in [1.807, 2.05) is 18.2 Å². The zero-order valence-electron chi connectivity index (χ0n) is 14.3. The van der Waals surface area contributed by atoms with E-state index < -0.39 is 6.10 Å². The van der Waals surface area contributed by atoms with Crippen molar-refractivity contribution in [3.8, 4) is 0 Å². The summed E-state index contributed by atoms with van der Waals surface area (Å²) in [7, 11) is 4.11. The summed E-state index contributed by atoms with van der Waals surface area (Å²) in [6, 6.07) is 14.6. The number of aliphatic hydroxyl groups is 1. The van der Waals surface area contributed by atoms with Gasteiger partial charge in [0.1, 0.15) is 0 Å². The molecule has 2 unspecified atom stereocenters. The normalized spacial score (nSPS) is 14.1. The van der Waals surface area contributed by atoms with Crippen molar-refractivity contribution in [3.05, 3.63) is 70.3 Å². The number of rotatable bonds is 5. The van der Waals surface area contributed by atoms with Crippen LogP contribution in [0, 0.1) is 20.8 Å². The van der Waals surface area contributed by atoms with Crippen LogP contribution in [0.4, 0.5) is 0 Å². The second-order valence-corrected chi connectivity index (χ2v) is 6.54. The summed E-state index contributed by atoms with van der Waals surface area (Å²) in [5.74, 6) is 0.0660. The fourth-order valence-corrected chi connectivity index (χ4v) is 3.34.